The van der Waals surface area contributed by atoms with E-state index in [-0.39, 0.29) is 23.9 Å². The van der Waals surface area contributed by atoms with Crippen LogP contribution in [0.4, 0.5) is 5.69 Å². The van der Waals surface area contributed by atoms with Gasteiger partial charge in [-0.2, -0.15) is 0 Å². The van der Waals surface area contributed by atoms with E-state index in [2.05, 4.69) is 5.32 Å². The lowest BCUT2D eigenvalue weighted by molar-refractivity contribution is -0.139. The first-order chi connectivity index (χ1) is 16.7. The molecule has 192 valence electrons. The zero-order valence-corrected chi connectivity index (χ0v) is 21.8. The first kappa shape index (κ1) is 28.0. The number of ether oxygens (including phenoxy) is 2. The van der Waals surface area contributed by atoms with E-state index in [1.807, 2.05) is 37.3 Å². The number of nitrogens with one attached hydrogen (secondary N) is 1. The number of amides is 2. The molecule has 1 N–H and O–H groups in total. The van der Waals surface area contributed by atoms with Gasteiger partial charge in [0.25, 0.3) is 0 Å². The van der Waals surface area contributed by atoms with Crippen LogP contribution in [-0.2, 0) is 26.0 Å². The smallest absolute Gasteiger partial charge is 0.244 e. The highest BCUT2D eigenvalue weighted by Gasteiger charge is 2.32. The molecule has 0 saturated heterocycles. The Morgan fingerprint density at radius 2 is 1.71 bits per heavy atom. The molecule has 0 aliphatic heterocycles. The Kier molecular flexibility index (Phi) is 10.4. The van der Waals surface area contributed by atoms with Crippen LogP contribution < -0.4 is 19.1 Å². The molecule has 10 heteroatoms. The Hall–Kier alpha value is -3.27. The monoisotopic (exact) mass is 505 g/mol. The number of hydrogen-bond acceptors (Lipinski definition) is 6. The van der Waals surface area contributed by atoms with Crippen LogP contribution in [0.15, 0.2) is 48.5 Å². The van der Waals surface area contributed by atoms with E-state index >= 15 is 0 Å². The molecule has 0 aliphatic carbocycles. The van der Waals surface area contributed by atoms with E-state index in [4.69, 9.17) is 9.47 Å². The highest BCUT2D eigenvalue weighted by molar-refractivity contribution is 7.92. The predicted molar refractivity (Wildman–Crippen MR) is 136 cm³/mol. The maximum absolute atomic E-state index is 13.6. The lowest BCUT2D eigenvalue weighted by atomic mass is 10.1. The zero-order valence-electron chi connectivity index (χ0n) is 21.0. The Bertz CT molecular complexity index is 1090. The third-order valence-electron chi connectivity index (χ3n) is 5.56. The molecule has 0 spiro atoms. The summed E-state index contributed by atoms with van der Waals surface area (Å²) in [5.41, 5.74) is 1.18. The molecule has 0 unspecified atom stereocenters. The normalized spacial score (nSPS) is 11.9. The largest absolute Gasteiger partial charge is 0.497 e. The van der Waals surface area contributed by atoms with Crippen molar-refractivity contribution < 1.29 is 27.5 Å². The number of carbonyl (C=O) groups is 2. The van der Waals surface area contributed by atoms with Crippen molar-refractivity contribution in [2.24, 2.45) is 0 Å². The number of hydrogen-bond donors (Lipinski definition) is 1. The SMILES string of the molecule is CCNC(=O)[C@@H](CC)N(CCc1ccccc1)C(=O)CN(c1cc(OC)ccc1OC)S(C)(=O)=O. The van der Waals surface area contributed by atoms with E-state index in [1.54, 1.807) is 19.1 Å². The average molecular weight is 506 g/mol. The first-order valence-electron chi connectivity index (χ1n) is 11.5. The summed E-state index contributed by atoms with van der Waals surface area (Å²) in [7, 11) is -1.00. The molecule has 0 radical (unpaired) electrons. The van der Waals surface area contributed by atoms with E-state index < -0.39 is 28.5 Å². The maximum atomic E-state index is 13.6. The van der Waals surface area contributed by atoms with Gasteiger partial charge in [-0.15, -0.1) is 0 Å². The molecule has 2 aromatic carbocycles. The second-order valence-electron chi connectivity index (χ2n) is 7.95. The van der Waals surface area contributed by atoms with Crippen LogP contribution in [0.3, 0.4) is 0 Å². The van der Waals surface area contributed by atoms with Gasteiger partial charge in [-0.3, -0.25) is 13.9 Å². The first-order valence-corrected chi connectivity index (χ1v) is 13.3. The molecule has 1 atom stereocenters. The van der Waals surface area contributed by atoms with Crippen molar-refractivity contribution >= 4 is 27.5 Å². The number of rotatable bonds is 13. The standard InChI is InChI=1S/C25H35N3O6S/c1-6-21(25(30)26-7-2)27(16-15-19-11-9-8-10-12-19)24(29)18-28(35(5,31)32)22-17-20(33-3)13-14-23(22)34-4/h8-14,17,21H,6-7,15-16,18H2,1-5H3,(H,26,30)/t21-/m1/s1. The van der Waals surface area contributed by atoms with Crippen molar-refractivity contribution in [2.75, 3.05) is 44.4 Å². The third-order valence-corrected chi connectivity index (χ3v) is 6.68. The van der Waals surface area contributed by atoms with Crippen molar-refractivity contribution in [2.45, 2.75) is 32.7 Å². The highest BCUT2D eigenvalue weighted by atomic mass is 32.2. The molecular weight excluding hydrogens is 470 g/mol. The Labute approximate surface area is 208 Å². The van der Waals surface area contributed by atoms with Crippen LogP contribution in [0.25, 0.3) is 0 Å². The van der Waals surface area contributed by atoms with Crippen LogP contribution in [0, 0.1) is 0 Å². The van der Waals surface area contributed by atoms with Crippen molar-refractivity contribution in [3.8, 4) is 11.5 Å². The number of anilines is 1. The molecule has 0 aliphatic rings. The number of likely N-dealkylation sites (N-methyl/N-ethyl adjacent to an activating group) is 1. The van der Waals surface area contributed by atoms with Gasteiger partial charge in [-0.25, -0.2) is 8.42 Å². The average Bonchev–Trinajstić information content (AvgIpc) is 2.84. The Morgan fingerprint density at radius 1 is 1.03 bits per heavy atom. The second-order valence-corrected chi connectivity index (χ2v) is 9.86. The van der Waals surface area contributed by atoms with E-state index in [0.717, 1.165) is 16.1 Å². The minimum Gasteiger partial charge on any atom is -0.497 e. The maximum Gasteiger partial charge on any atom is 0.244 e. The molecule has 0 saturated carbocycles. The molecule has 0 fully saturated rings. The fraction of sp³-hybridized carbons (Fsp3) is 0.440. The summed E-state index contributed by atoms with van der Waals surface area (Å²) < 4.78 is 37.2. The fourth-order valence-corrected chi connectivity index (χ4v) is 4.62. The quantitative estimate of drug-likeness (QED) is 0.448. The van der Waals surface area contributed by atoms with Crippen LogP contribution in [0.2, 0.25) is 0 Å². The Balaban J connectivity index is 2.44. The van der Waals surface area contributed by atoms with Crippen molar-refractivity contribution in [3.63, 3.8) is 0 Å². The van der Waals surface area contributed by atoms with Gasteiger partial charge >= 0.3 is 0 Å². The lowest BCUT2D eigenvalue weighted by Crippen LogP contribution is -2.53. The number of carbonyl (C=O) groups excluding carboxylic acids is 2. The number of nitrogens with zero attached hydrogens (tertiary/aromatic N) is 2. The van der Waals surface area contributed by atoms with Crippen LogP contribution >= 0.6 is 0 Å². The summed E-state index contributed by atoms with van der Waals surface area (Å²) in [6.45, 7) is 3.81. The summed E-state index contributed by atoms with van der Waals surface area (Å²) in [5, 5.41) is 2.78. The van der Waals surface area contributed by atoms with Gasteiger partial charge in [-0.1, -0.05) is 37.3 Å². The molecule has 9 nitrogen and oxygen atoms in total. The van der Waals surface area contributed by atoms with Gasteiger partial charge in [-0.05, 0) is 37.5 Å². The third kappa shape index (κ3) is 7.61. The zero-order chi connectivity index (χ0) is 26.0. The molecule has 2 amide bonds. The van der Waals surface area contributed by atoms with E-state index in [1.165, 1.54) is 25.2 Å². The van der Waals surface area contributed by atoms with Gasteiger partial charge < -0.3 is 19.7 Å². The van der Waals surface area contributed by atoms with E-state index in [0.29, 0.717) is 25.1 Å². The summed E-state index contributed by atoms with van der Waals surface area (Å²) in [6.07, 6.45) is 1.92. The molecule has 2 rings (SSSR count). The van der Waals surface area contributed by atoms with Crippen LogP contribution in [0.1, 0.15) is 25.8 Å². The van der Waals surface area contributed by atoms with Crippen molar-refractivity contribution in [3.05, 3.63) is 54.1 Å². The number of sulfonamides is 1. The molecule has 0 bridgehead atoms. The summed E-state index contributed by atoms with van der Waals surface area (Å²) in [6, 6.07) is 13.6. The Morgan fingerprint density at radius 3 is 2.26 bits per heavy atom. The molecule has 0 heterocycles. The van der Waals surface area contributed by atoms with Gasteiger partial charge in [0.15, 0.2) is 0 Å². The molecule has 0 aromatic heterocycles. The van der Waals surface area contributed by atoms with Gasteiger partial charge in [0.05, 0.1) is 26.2 Å². The number of methoxy groups -OCH3 is 2. The minimum absolute atomic E-state index is 0.178. The fourth-order valence-electron chi connectivity index (χ4n) is 3.77. The number of benzene rings is 2. The van der Waals surface area contributed by atoms with Crippen molar-refractivity contribution in [1.82, 2.24) is 10.2 Å². The highest BCUT2D eigenvalue weighted by Crippen LogP contribution is 2.33. The van der Waals surface area contributed by atoms with Crippen LogP contribution in [0.5, 0.6) is 11.5 Å². The summed E-state index contributed by atoms with van der Waals surface area (Å²) in [5.74, 6) is -0.0807. The van der Waals surface area contributed by atoms with E-state index in [9.17, 15) is 18.0 Å². The molecule has 35 heavy (non-hydrogen) atoms. The summed E-state index contributed by atoms with van der Waals surface area (Å²) >= 11 is 0. The lowest BCUT2D eigenvalue weighted by Gasteiger charge is -2.33. The minimum atomic E-state index is -3.88. The molecule has 2 aromatic rings. The van der Waals surface area contributed by atoms with Crippen LogP contribution in [-0.4, -0.2) is 71.3 Å². The van der Waals surface area contributed by atoms with Gasteiger partial charge in [0, 0.05) is 19.2 Å². The van der Waals surface area contributed by atoms with Crippen molar-refractivity contribution in [1.29, 1.82) is 0 Å². The summed E-state index contributed by atoms with van der Waals surface area (Å²) in [4.78, 5) is 27.9. The van der Waals surface area contributed by atoms with Gasteiger partial charge in [0.2, 0.25) is 21.8 Å². The molecular formula is C25H35N3O6S. The predicted octanol–water partition coefficient (Wildman–Crippen LogP) is 2.46. The topological polar surface area (TPSA) is 105 Å². The second kappa shape index (κ2) is 13.0. The van der Waals surface area contributed by atoms with Gasteiger partial charge in [0.1, 0.15) is 24.1 Å².